The summed E-state index contributed by atoms with van der Waals surface area (Å²) in [5.74, 6) is 0.408. The third kappa shape index (κ3) is 3.73. The summed E-state index contributed by atoms with van der Waals surface area (Å²) in [6.45, 7) is 5.41. The van der Waals surface area contributed by atoms with E-state index >= 15 is 0 Å². The number of hydrogen-bond acceptors (Lipinski definition) is 3. The molecule has 0 amide bonds. The molecule has 1 saturated heterocycles. The molecule has 0 saturated carbocycles. The maximum absolute atomic E-state index is 12.4. The van der Waals surface area contributed by atoms with Crippen LogP contribution in [0, 0.1) is 0 Å². The number of pyridine rings is 1. The second-order valence-electron chi connectivity index (χ2n) is 3.92. The smallest absolute Gasteiger partial charge is 0.352 e. The summed E-state index contributed by atoms with van der Waals surface area (Å²) in [6.07, 6.45) is -3.59. The molecule has 0 aliphatic carbocycles. The summed E-state index contributed by atoms with van der Waals surface area (Å²) in [6, 6.07) is 1.26. The van der Waals surface area contributed by atoms with Gasteiger partial charge in [-0.15, -0.1) is 0 Å². The number of likely N-dealkylation sites (N-methyl/N-ethyl adjacent to an activating group) is 1. The Hall–Kier alpha value is -1.01. The fourth-order valence-electron chi connectivity index (χ4n) is 1.65. The largest absolute Gasteiger partial charge is 0.417 e. The molecule has 0 spiro atoms. The molecule has 0 atom stereocenters. The van der Waals surface area contributed by atoms with E-state index in [2.05, 4.69) is 10.3 Å². The van der Waals surface area contributed by atoms with E-state index in [1.165, 1.54) is 0 Å². The van der Waals surface area contributed by atoms with E-state index in [1.54, 1.807) is 0 Å². The number of anilines is 1. The Morgan fingerprint density at radius 2 is 1.95 bits per heavy atom. The molecule has 1 aliphatic rings. The van der Waals surface area contributed by atoms with Crippen molar-refractivity contribution in [2.24, 2.45) is 0 Å². The lowest BCUT2D eigenvalue weighted by Crippen LogP contribution is -2.57. The molecule has 0 aromatic carbocycles. The van der Waals surface area contributed by atoms with Gasteiger partial charge in [0.1, 0.15) is 5.82 Å². The molecule has 1 aromatic rings. The molecule has 1 aromatic heterocycles. The van der Waals surface area contributed by atoms with Crippen LogP contribution in [0.3, 0.4) is 0 Å². The van der Waals surface area contributed by atoms with Gasteiger partial charge in [-0.2, -0.15) is 13.2 Å². The minimum absolute atomic E-state index is 0.0365. The molecule has 0 radical (unpaired) electrons. The molecule has 2 rings (SSSR count). The molecule has 1 N–H and O–H groups in total. The van der Waals surface area contributed by atoms with Crippen LogP contribution in [0.25, 0.3) is 0 Å². The van der Waals surface area contributed by atoms with E-state index in [4.69, 9.17) is 11.6 Å². The fourth-order valence-corrected chi connectivity index (χ4v) is 1.94. The summed E-state index contributed by atoms with van der Waals surface area (Å²) in [4.78, 5) is 5.62. The summed E-state index contributed by atoms with van der Waals surface area (Å²) in [5.41, 5.74) is -0.822. The van der Waals surface area contributed by atoms with E-state index in [0.717, 1.165) is 12.3 Å². The van der Waals surface area contributed by atoms with Crippen molar-refractivity contribution in [1.29, 1.82) is 0 Å². The zero-order chi connectivity index (χ0) is 14.6. The summed E-state index contributed by atoms with van der Waals surface area (Å²) >= 11 is 5.81. The highest BCUT2D eigenvalue weighted by atomic mass is 35.5. The van der Waals surface area contributed by atoms with Crippen LogP contribution < -0.4 is 10.2 Å². The summed E-state index contributed by atoms with van der Waals surface area (Å²) < 4.78 is 37.2. The third-order valence-electron chi connectivity index (χ3n) is 2.74. The Morgan fingerprint density at radius 3 is 2.37 bits per heavy atom. The highest BCUT2D eigenvalue weighted by molar-refractivity contribution is 6.33. The van der Waals surface area contributed by atoms with Crippen molar-refractivity contribution in [3.63, 3.8) is 0 Å². The van der Waals surface area contributed by atoms with Gasteiger partial charge in [-0.3, -0.25) is 0 Å². The lowest BCUT2D eigenvalue weighted by atomic mass is 10.1. The number of hydrogen-bond donors (Lipinski definition) is 1. The van der Waals surface area contributed by atoms with Crippen LogP contribution in [-0.4, -0.2) is 31.2 Å². The molecule has 7 heteroatoms. The third-order valence-corrected chi connectivity index (χ3v) is 3.02. The number of alkyl halides is 3. The molecule has 19 heavy (non-hydrogen) atoms. The summed E-state index contributed by atoms with van der Waals surface area (Å²) in [5, 5.41) is 3.10. The van der Waals surface area contributed by atoms with Crippen molar-refractivity contribution in [3.8, 4) is 0 Å². The second-order valence-corrected chi connectivity index (χ2v) is 4.32. The number of aromatic nitrogens is 1. The zero-order valence-corrected chi connectivity index (χ0v) is 11.8. The van der Waals surface area contributed by atoms with Gasteiger partial charge in [-0.05, 0) is 13.1 Å². The molecular formula is C12H17ClF3N3. The van der Waals surface area contributed by atoms with Gasteiger partial charge < -0.3 is 10.2 Å². The van der Waals surface area contributed by atoms with Crippen LogP contribution in [-0.2, 0) is 6.18 Å². The number of nitrogens with zero attached hydrogens (tertiary/aromatic N) is 2. The quantitative estimate of drug-likeness (QED) is 0.908. The highest BCUT2D eigenvalue weighted by Gasteiger charge is 2.33. The van der Waals surface area contributed by atoms with E-state index in [9.17, 15) is 13.2 Å². The van der Waals surface area contributed by atoms with Crippen LogP contribution >= 0.6 is 11.6 Å². The van der Waals surface area contributed by atoms with Crippen molar-refractivity contribution in [3.05, 3.63) is 22.8 Å². The van der Waals surface area contributed by atoms with Gasteiger partial charge >= 0.3 is 6.18 Å². The van der Waals surface area contributed by atoms with Gasteiger partial charge in [0, 0.05) is 25.3 Å². The topological polar surface area (TPSA) is 28.2 Å². The van der Waals surface area contributed by atoms with Crippen LogP contribution in [0.2, 0.25) is 5.02 Å². The van der Waals surface area contributed by atoms with Crippen LogP contribution in [0.1, 0.15) is 19.4 Å². The number of nitrogens with one attached hydrogen (secondary N) is 1. The molecule has 2 heterocycles. The van der Waals surface area contributed by atoms with Crippen molar-refractivity contribution in [2.45, 2.75) is 26.1 Å². The van der Waals surface area contributed by atoms with Gasteiger partial charge in [0.05, 0.1) is 10.6 Å². The maximum Gasteiger partial charge on any atom is 0.417 e. The SMILES string of the molecule is CC.CNC1CN(c2ncc(C(F)(F)F)cc2Cl)C1. The Balaban J connectivity index is 0.000000861. The number of halogens is 4. The second kappa shape index (κ2) is 6.43. The standard InChI is InChI=1S/C10H11ClF3N3.C2H6/c1-15-7-4-17(5-7)9-8(11)2-6(3-16-9)10(12,13)14;1-2/h2-3,7,15H,4-5H2,1H3;1-2H3. The van der Waals surface area contributed by atoms with Gasteiger partial charge in [0.25, 0.3) is 0 Å². The fraction of sp³-hybridized carbons (Fsp3) is 0.583. The normalized spacial score (nSPS) is 15.6. The average molecular weight is 296 g/mol. The van der Waals surface area contributed by atoms with E-state index < -0.39 is 11.7 Å². The van der Waals surface area contributed by atoms with Gasteiger partial charge in [-0.25, -0.2) is 4.98 Å². The van der Waals surface area contributed by atoms with Crippen molar-refractivity contribution < 1.29 is 13.2 Å². The van der Waals surface area contributed by atoms with Gasteiger partial charge in [-0.1, -0.05) is 25.4 Å². The minimum atomic E-state index is -4.41. The Morgan fingerprint density at radius 1 is 1.37 bits per heavy atom. The van der Waals surface area contributed by atoms with Gasteiger partial charge in [0.15, 0.2) is 0 Å². The molecule has 0 unspecified atom stereocenters. The zero-order valence-electron chi connectivity index (χ0n) is 11.1. The lowest BCUT2D eigenvalue weighted by molar-refractivity contribution is -0.137. The van der Waals surface area contributed by atoms with Crippen molar-refractivity contribution >= 4 is 17.4 Å². The Bertz CT molecular complexity index is 417. The van der Waals surface area contributed by atoms with Crippen LogP contribution in [0.5, 0.6) is 0 Å². The van der Waals surface area contributed by atoms with Crippen molar-refractivity contribution in [2.75, 3.05) is 25.0 Å². The molecule has 1 fully saturated rings. The first kappa shape index (κ1) is 16.0. The van der Waals surface area contributed by atoms with E-state index in [1.807, 2.05) is 25.8 Å². The average Bonchev–Trinajstić information content (AvgIpc) is 2.31. The van der Waals surface area contributed by atoms with Gasteiger partial charge in [0.2, 0.25) is 0 Å². The predicted molar refractivity (Wildman–Crippen MR) is 70.7 cm³/mol. The molecule has 0 bridgehead atoms. The maximum atomic E-state index is 12.4. The molecule has 108 valence electrons. The van der Waals surface area contributed by atoms with E-state index in [-0.39, 0.29) is 5.02 Å². The Kier molecular flexibility index (Phi) is 5.43. The molecule has 1 aliphatic heterocycles. The monoisotopic (exact) mass is 295 g/mol. The molecule has 3 nitrogen and oxygen atoms in total. The first-order chi connectivity index (χ1) is 8.91. The van der Waals surface area contributed by atoms with E-state index in [0.29, 0.717) is 24.9 Å². The Labute approximate surface area is 115 Å². The summed E-state index contributed by atoms with van der Waals surface area (Å²) in [7, 11) is 1.84. The molecular weight excluding hydrogens is 279 g/mol. The van der Waals surface area contributed by atoms with Crippen LogP contribution in [0.15, 0.2) is 12.3 Å². The lowest BCUT2D eigenvalue weighted by Gasteiger charge is -2.40. The van der Waals surface area contributed by atoms with Crippen molar-refractivity contribution in [1.82, 2.24) is 10.3 Å². The van der Waals surface area contributed by atoms with Crippen LogP contribution in [0.4, 0.5) is 19.0 Å². The minimum Gasteiger partial charge on any atom is -0.352 e. The first-order valence-electron chi connectivity index (χ1n) is 6.06. The first-order valence-corrected chi connectivity index (χ1v) is 6.44. The predicted octanol–water partition coefficient (Wildman–Crippen LogP) is 3.19. The highest BCUT2D eigenvalue weighted by Crippen LogP contribution is 2.34. The number of rotatable bonds is 2.